The molecule has 0 saturated carbocycles. The van der Waals surface area contributed by atoms with Crippen LogP contribution in [0.3, 0.4) is 0 Å². The summed E-state index contributed by atoms with van der Waals surface area (Å²) in [7, 11) is 0. The summed E-state index contributed by atoms with van der Waals surface area (Å²) in [4.78, 5) is 34.3. The molecule has 0 radical (unpaired) electrons. The van der Waals surface area contributed by atoms with Crippen molar-refractivity contribution in [2.45, 2.75) is 58.0 Å². The van der Waals surface area contributed by atoms with Crippen LogP contribution in [0.4, 0.5) is 0 Å². The number of halogens is 2. The first-order chi connectivity index (χ1) is 13.7. The third kappa shape index (κ3) is 4.14. The van der Waals surface area contributed by atoms with Gasteiger partial charge < -0.3 is 14.9 Å². The fourth-order valence-electron chi connectivity index (χ4n) is 4.25. The third-order valence-corrected chi connectivity index (χ3v) is 6.71. The highest BCUT2D eigenvalue weighted by Gasteiger charge is 2.44. The Labute approximate surface area is 178 Å². The summed E-state index contributed by atoms with van der Waals surface area (Å²) in [6.07, 6.45) is 3.23. The fourth-order valence-corrected chi connectivity index (χ4v) is 4.76. The van der Waals surface area contributed by atoms with E-state index in [1.807, 2.05) is 0 Å². The Bertz CT molecular complexity index is 907. The summed E-state index contributed by atoms with van der Waals surface area (Å²) in [5, 5.41) is 18.5. The normalized spacial score (nSPS) is 21.2. The quantitative estimate of drug-likeness (QED) is 0.602. The Morgan fingerprint density at radius 1 is 1.28 bits per heavy atom. The van der Waals surface area contributed by atoms with Crippen LogP contribution in [0.15, 0.2) is 12.1 Å². The van der Waals surface area contributed by atoms with Gasteiger partial charge in [0.05, 0.1) is 5.02 Å². The van der Waals surface area contributed by atoms with Gasteiger partial charge in [0, 0.05) is 23.8 Å². The van der Waals surface area contributed by atoms with E-state index in [0.29, 0.717) is 12.8 Å². The van der Waals surface area contributed by atoms with Gasteiger partial charge in [0.15, 0.2) is 11.9 Å². The number of carbonyl (C=O) groups excluding carboxylic acids is 1. The van der Waals surface area contributed by atoms with Crippen molar-refractivity contribution < 1.29 is 29.3 Å². The standard InChI is InChI=1S/C21H22Cl2O6/c1-2-21-7-6-12(24)9-13(21)17-11(10-21)8-15(18(22)19(17)23)29-14(20(27)28)4-3-5-16(25)26/h8-9,14H,2-7,10H2,1H3,(H,25,26)(H,27,28). The maximum Gasteiger partial charge on any atom is 0.344 e. The van der Waals surface area contributed by atoms with Crippen molar-refractivity contribution in [2.24, 2.45) is 5.41 Å². The monoisotopic (exact) mass is 440 g/mol. The molecule has 0 aliphatic heterocycles. The van der Waals surface area contributed by atoms with Gasteiger partial charge in [-0.2, -0.15) is 0 Å². The number of rotatable bonds is 8. The summed E-state index contributed by atoms with van der Waals surface area (Å²) in [6, 6.07) is 1.71. The van der Waals surface area contributed by atoms with Crippen molar-refractivity contribution in [2.75, 3.05) is 0 Å². The van der Waals surface area contributed by atoms with E-state index in [1.54, 1.807) is 12.1 Å². The van der Waals surface area contributed by atoms with Gasteiger partial charge in [-0.1, -0.05) is 30.1 Å². The second-order valence-electron chi connectivity index (χ2n) is 7.60. The molecular formula is C21H22Cl2O6. The van der Waals surface area contributed by atoms with E-state index in [0.717, 1.165) is 29.5 Å². The number of hydrogen-bond acceptors (Lipinski definition) is 4. The van der Waals surface area contributed by atoms with E-state index in [9.17, 15) is 19.5 Å². The van der Waals surface area contributed by atoms with Gasteiger partial charge >= 0.3 is 11.9 Å². The smallest absolute Gasteiger partial charge is 0.344 e. The SMILES string of the molecule is CCC12CCC(=O)C=C1c1c(cc(OC(CCCC(=O)O)C(=O)O)c(Cl)c1Cl)C2. The van der Waals surface area contributed by atoms with Crippen molar-refractivity contribution in [3.05, 3.63) is 33.3 Å². The summed E-state index contributed by atoms with van der Waals surface area (Å²) < 4.78 is 5.64. The Balaban J connectivity index is 1.94. The Morgan fingerprint density at radius 3 is 2.62 bits per heavy atom. The van der Waals surface area contributed by atoms with Crippen LogP contribution < -0.4 is 4.74 Å². The van der Waals surface area contributed by atoms with E-state index >= 15 is 0 Å². The third-order valence-electron chi connectivity index (χ3n) is 5.86. The molecule has 0 amide bonds. The molecule has 0 fully saturated rings. The van der Waals surface area contributed by atoms with Crippen LogP contribution in [0.1, 0.15) is 56.6 Å². The number of aliphatic carboxylic acids is 2. The van der Waals surface area contributed by atoms with Crippen LogP contribution >= 0.6 is 23.2 Å². The summed E-state index contributed by atoms with van der Waals surface area (Å²) in [6.45, 7) is 2.07. The van der Waals surface area contributed by atoms with Gasteiger partial charge in [-0.15, -0.1) is 0 Å². The number of hydrogen-bond donors (Lipinski definition) is 2. The zero-order chi connectivity index (χ0) is 21.3. The fraction of sp³-hybridized carbons (Fsp3) is 0.476. The van der Waals surface area contributed by atoms with Crippen LogP contribution in [-0.2, 0) is 20.8 Å². The van der Waals surface area contributed by atoms with E-state index < -0.39 is 18.0 Å². The molecule has 2 atom stereocenters. The molecule has 0 aromatic heterocycles. The predicted octanol–water partition coefficient (Wildman–Crippen LogP) is 4.78. The average Bonchev–Trinajstić information content (AvgIpc) is 2.98. The first kappa shape index (κ1) is 21.7. The van der Waals surface area contributed by atoms with E-state index in [2.05, 4.69) is 6.92 Å². The van der Waals surface area contributed by atoms with Gasteiger partial charge in [-0.3, -0.25) is 9.59 Å². The molecule has 2 aliphatic rings. The van der Waals surface area contributed by atoms with Crippen LogP contribution in [0, 0.1) is 5.41 Å². The molecular weight excluding hydrogens is 419 g/mol. The topological polar surface area (TPSA) is 101 Å². The number of carboxylic acid groups (broad SMARTS) is 2. The van der Waals surface area contributed by atoms with Gasteiger partial charge in [0.2, 0.25) is 0 Å². The molecule has 1 aromatic rings. The zero-order valence-corrected chi connectivity index (χ0v) is 17.5. The molecule has 8 heteroatoms. The highest BCUT2D eigenvalue weighted by molar-refractivity contribution is 6.44. The second-order valence-corrected chi connectivity index (χ2v) is 8.36. The summed E-state index contributed by atoms with van der Waals surface area (Å²) >= 11 is 13.0. The van der Waals surface area contributed by atoms with E-state index in [4.69, 9.17) is 33.0 Å². The molecule has 6 nitrogen and oxygen atoms in total. The Morgan fingerprint density at radius 2 is 2.00 bits per heavy atom. The van der Waals surface area contributed by atoms with Gasteiger partial charge in [-0.25, -0.2) is 4.79 Å². The van der Waals surface area contributed by atoms with Crippen LogP contribution in [-0.4, -0.2) is 34.0 Å². The molecule has 0 saturated heterocycles. The Hall–Kier alpha value is -2.05. The lowest BCUT2D eigenvalue weighted by Crippen LogP contribution is -2.27. The van der Waals surface area contributed by atoms with Crippen LogP contribution in [0.25, 0.3) is 5.57 Å². The molecule has 156 valence electrons. The minimum atomic E-state index is -1.23. The largest absolute Gasteiger partial charge is 0.481 e. The lowest BCUT2D eigenvalue weighted by molar-refractivity contribution is -0.146. The first-order valence-electron chi connectivity index (χ1n) is 9.56. The second kappa shape index (κ2) is 8.36. The minimum absolute atomic E-state index is 0.0330. The molecule has 0 bridgehead atoms. The molecule has 3 rings (SSSR count). The Kier molecular flexibility index (Phi) is 6.24. The number of carboxylic acids is 2. The van der Waals surface area contributed by atoms with Crippen molar-refractivity contribution in [1.29, 1.82) is 0 Å². The van der Waals surface area contributed by atoms with Crippen LogP contribution in [0.2, 0.25) is 10.0 Å². The maximum atomic E-state index is 12.0. The summed E-state index contributed by atoms with van der Waals surface area (Å²) in [5.41, 5.74) is 2.36. The van der Waals surface area contributed by atoms with Crippen molar-refractivity contribution in [3.63, 3.8) is 0 Å². The lowest BCUT2D eigenvalue weighted by Gasteiger charge is -2.32. The van der Waals surface area contributed by atoms with Crippen molar-refractivity contribution in [3.8, 4) is 5.75 Å². The molecule has 1 aromatic carbocycles. The minimum Gasteiger partial charge on any atom is -0.481 e. The molecule has 29 heavy (non-hydrogen) atoms. The highest BCUT2D eigenvalue weighted by atomic mass is 35.5. The van der Waals surface area contributed by atoms with E-state index in [1.165, 1.54) is 0 Å². The maximum absolute atomic E-state index is 12.0. The number of allylic oxidation sites excluding steroid dienone is 2. The van der Waals surface area contributed by atoms with Gasteiger partial charge in [-0.05, 0) is 55.4 Å². The van der Waals surface area contributed by atoms with E-state index in [-0.39, 0.29) is 46.3 Å². The van der Waals surface area contributed by atoms with Crippen molar-refractivity contribution >= 4 is 46.5 Å². The molecule has 2 N–H and O–H groups in total. The first-order valence-corrected chi connectivity index (χ1v) is 10.3. The molecule has 0 spiro atoms. The number of carbonyl (C=O) groups is 3. The van der Waals surface area contributed by atoms with Crippen LogP contribution in [0.5, 0.6) is 5.75 Å². The predicted molar refractivity (Wildman–Crippen MR) is 109 cm³/mol. The molecule has 2 unspecified atom stereocenters. The van der Waals surface area contributed by atoms with Crippen molar-refractivity contribution in [1.82, 2.24) is 0 Å². The molecule has 2 aliphatic carbocycles. The number of fused-ring (bicyclic) bond motifs is 3. The van der Waals surface area contributed by atoms with Gasteiger partial charge in [0.25, 0.3) is 0 Å². The highest BCUT2D eigenvalue weighted by Crippen LogP contribution is 2.57. The number of benzene rings is 1. The average molecular weight is 441 g/mol. The number of ether oxygens (including phenoxy) is 1. The summed E-state index contributed by atoms with van der Waals surface area (Å²) in [5.74, 6) is -1.97. The van der Waals surface area contributed by atoms with Gasteiger partial charge in [0.1, 0.15) is 10.8 Å². The lowest BCUT2D eigenvalue weighted by atomic mass is 9.71. The number of ketones is 1. The zero-order valence-electron chi connectivity index (χ0n) is 16.0. The molecule has 0 heterocycles.